The first-order chi connectivity index (χ1) is 4.83. The molecule has 3 nitrogen and oxygen atoms in total. The van der Waals surface area contributed by atoms with Crippen molar-refractivity contribution >= 4 is 5.97 Å². The standard InChI is InChI=1S/C7H7O3/c1-9-7(8)4-6-2-3-10-5-6/h2-3,5H,1,4H2. The summed E-state index contributed by atoms with van der Waals surface area (Å²) in [5, 5.41) is 0. The van der Waals surface area contributed by atoms with E-state index in [-0.39, 0.29) is 12.4 Å². The van der Waals surface area contributed by atoms with E-state index in [1.807, 2.05) is 0 Å². The van der Waals surface area contributed by atoms with E-state index in [9.17, 15) is 4.79 Å². The Hall–Kier alpha value is -1.25. The van der Waals surface area contributed by atoms with Crippen molar-refractivity contribution in [2.75, 3.05) is 0 Å². The van der Waals surface area contributed by atoms with Crippen molar-refractivity contribution in [3.63, 3.8) is 0 Å². The van der Waals surface area contributed by atoms with Gasteiger partial charge in [-0.2, -0.15) is 0 Å². The second kappa shape index (κ2) is 3.06. The van der Waals surface area contributed by atoms with E-state index in [4.69, 9.17) is 4.42 Å². The molecule has 0 fully saturated rings. The molecular weight excluding hydrogens is 132 g/mol. The van der Waals surface area contributed by atoms with Gasteiger partial charge in [-0.25, -0.2) is 0 Å². The Bertz CT molecular complexity index is 201. The van der Waals surface area contributed by atoms with Crippen LogP contribution in [0.25, 0.3) is 0 Å². The minimum atomic E-state index is -0.360. The first-order valence-electron chi connectivity index (χ1n) is 2.79. The molecule has 0 aromatic carbocycles. The Balaban J connectivity index is 2.48. The van der Waals surface area contributed by atoms with Crippen molar-refractivity contribution in [3.05, 3.63) is 31.3 Å². The number of ether oxygens (including phenoxy) is 1. The third-order valence-electron chi connectivity index (χ3n) is 1.09. The van der Waals surface area contributed by atoms with Crippen LogP contribution in [0.1, 0.15) is 5.56 Å². The van der Waals surface area contributed by atoms with Gasteiger partial charge in [0.1, 0.15) is 7.11 Å². The molecule has 53 valence electrons. The Kier molecular flexibility index (Phi) is 2.10. The van der Waals surface area contributed by atoms with Crippen molar-refractivity contribution in [1.82, 2.24) is 0 Å². The van der Waals surface area contributed by atoms with Gasteiger partial charge >= 0.3 is 5.97 Å². The summed E-state index contributed by atoms with van der Waals surface area (Å²) in [6.45, 7) is 0. The second-order valence-electron chi connectivity index (χ2n) is 1.82. The molecule has 3 heteroatoms. The molecule has 1 rings (SSSR count). The SMILES string of the molecule is [CH2]OC(=O)Cc1ccoc1. The molecule has 0 bridgehead atoms. The molecule has 0 saturated carbocycles. The summed E-state index contributed by atoms with van der Waals surface area (Å²) in [4.78, 5) is 10.6. The lowest BCUT2D eigenvalue weighted by Gasteiger charge is -1.92. The highest BCUT2D eigenvalue weighted by Crippen LogP contribution is 2.01. The molecule has 1 heterocycles. The first-order valence-corrected chi connectivity index (χ1v) is 2.79. The predicted molar refractivity (Wildman–Crippen MR) is 33.9 cm³/mol. The van der Waals surface area contributed by atoms with Crippen LogP contribution < -0.4 is 0 Å². The van der Waals surface area contributed by atoms with E-state index in [1.54, 1.807) is 6.07 Å². The Morgan fingerprint density at radius 3 is 3.10 bits per heavy atom. The minimum Gasteiger partial charge on any atom is -0.472 e. The minimum absolute atomic E-state index is 0.222. The Morgan fingerprint density at radius 2 is 2.60 bits per heavy atom. The van der Waals surface area contributed by atoms with Crippen LogP contribution in [0.4, 0.5) is 0 Å². The lowest BCUT2D eigenvalue weighted by atomic mass is 10.2. The summed E-state index contributed by atoms with van der Waals surface area (Å²) in [6.07, 6.45) is 3.22. The normalized spacial score (nSPS) is 9.30. The highest BCUT2D eigenvalue weighted by molar-refractivity contribution is 5.72. The molecule has 10 heavy (non-hydrogen) atoms. The van der Waals surface area contributed by atoms with Gasteiger partial charge in [0.25, 0.3) is 0 Å². The summed E-state index contributed by atoms with van der Waals surface area (Å²) in [6, 6.07) is 1.71. The van der Waals surface area contributed by atoms with Crippen LogP contribution >= 0.6 is 0 Å². The molecule has 1 aromatic rings. The number of carbonyl (C=O) groups excluding carboxylic acids is 1. The molecule has 0 aliphatic rings. The van der Waals surface area contributed by atoms with E-state index in [1.165, 1.54) is 12.5 Å². The van der Waals surface area contributed by atoms with Gasteiger partial charge in [-0.15, -0.1) is 0 Å². The summed E-state index contributed by atoms with van der Waals surface area (Å²) in [7, 11) is 2.99. The van der Waals surface area contributed by atoms with Crippen molar-refractivity contribution in [2.24, 2.45) is 0 Å². The Morgan fingerprint density at radius 1 is 1.80 bits per heavy atom. The molecular formula is C7H7O3. The second-order valence-corrected chi connectivity index (χ2v) is 1.82. The highest BCUT2D eigenvalue weighted by atomic mass is 16.5. The van der Waals surface area contributed by atoms with Gasteiger partial charge in [0, 0.05) is 5.56 Å². The lowest BCUT2D eigenvalue weighted by molar-refractivity contribution is -0.137. The van der Waals surface area contributed by atoms with Crippen molar-refractivity contribution in [1.29, 1.82) is 0 Å². The molecule has 0 saturated heterocycles. The highest BCUT2D eigenvalue weighted by Gasteiger charge is 2.02. The van der Waals surface area contributed by atoms with Crippen LogP contribution in [0.5, 0.6) is 0 Å². The fourth-order valence-electron chi connectivity index (χ4n) is 0.611. The Labute approximate surface area is 58.6 Å². The van der Waals surface area contributed by atoms with Crippen LogP contribution in [-0.4, -0.2) is 5.97 Å². The van der Waals surface area contributed by atoms with Crippen LogP contribution in [-0.2, 0) is 16.0 Å². The molecule has 0 aliphatic carbocycles. The van der Waals surface area contributed by atoms with Crippen molar-refractivity contribution in [2.45, 2.75) is 6.42 Å². The van der Waals surface area contributed by atoms with Gasteiger partial charge < -0.3 is 9.15 Å². The third kappa shape index (κ3) is 1.62. The molecule has 0 aliphatic heterocycles. The van der Waals surface area contributed by atoms with E-state index in [0.29, 0.717) is 0 Å². The average Bonchev–Trinajstić information content (AvgIpc) is 2.40. The third-order valence-corrected chi connectivity index (χ3v) is 1.09. The largest absolute Gasteiger partial charge is 0.472 e. The molecule has 0 unspecified atom stereocenters. The van der Waals surface area contributed by atoms with E-state index < -0.39 is 0 Å². The van der Waals surface area contributed by atoms with Crippen LogP contribution in [0.3, 0.4) is 0 Å². The quantitative estimate of drug-likeness (QED) is 0.577. The van der Waals surface area contributed by atoms with E-state index in [2.05, 4.69) is 11.8 Å². The lowest BCUT2D eigenvalue weighted by Crippen LogP contribution is -2.01. The number of furan rings is 1. The average molecular weight is 139 g/mol. The fourth-order valence-corrected chi connectivity index (χ4v) is 0.611. The molecule has 0 atom stereocenters. The van der Waals surface area contributed by atoms with Crippen LogP contribution in [0, 0.1) is 7.11 Å². The summed E-state index contributed by atoms with van der Waals surface area (Å²) in [5.41, 5.74) is 0.800. The number of rotatable bonds is 2. The monoisotopic (exact) mass is 139 g/mol. The van der Waals surface area contributed by atoms with Gasteiger partial charge in [-0.1, -0.05) is 0 Å². The van der Waals surface area contributed by atoms with Crippen molar-refractivity contribution in [3.8, 4) is 0 Å². The van der Waals surface area contributed by atoms with Crippen LogP contribution in [0.2, 0.25) is 0 Å². The zero-order valence-electron chi connectivity index (χ0n) is 5.37. The topological polar surface area (TPSA) is 39.4 Å². The van der Waals surface area contributed by atoms with Gasteiger partial charge in [-0.3, -0.25) is 4.79 Å². The zero-order valence-corrected chi connectivity index (χ0v) is 5.37. The van der Waals surface area contributed by atoms with Gasteiger partial charge in [0.05, 0.1) is 18.9 Å². The molecule has 1 aromatic heterocycles. The predicted octanol–water partition coefficient (Wildman–Crippen LogP) is 1.16. The molecule has 0 spiro atoms. The first kappa shape index (κ1) is 6.86. The van der Waals surface area contributed by atoms with Crippen LogP contribution in [0.15, 0.2) is 23.0 Å². The molecule has 0 amide bonds. The summed E-state index contributed by atoms with van der Waals surface area (Å²) < 4.78 is 8.92. The summed E-state index contributed by atoms with van der Waals surface area (Å²) >= 11 is 0. The van der Waals surface area contributed by atoms with Gasteiger partial charge in [-0.05, 0) is 6.07 Å². The maximum Gasteiger partial charge on any atom is 0.310 e. The number of carbonyl (C=O) groups is 1. The maximum atomic E-state index is 10.6. The molecule has 0 N–H and O–H groups in total. The number of hydrogen-bond acceptors (Lipinski definition) is 3. The van der Waals surface area contributed by atoms with E-state index >= 15 is 0 Å². The smallest absolute Gasteiger partial charge is 0.310 e. The summed E-state index contributed by atoms with van der Waals surface area (Å²) in [5.74, 6) is -0.360. The molecule has 1 radical (unpaired) electrons. The maximum absolute atomic E-state index is 10.6. The van der Waals surface area contributed by atoms with Gasteiger partial charge in [0.15, 0.2) is 0 Å². The zero-order chi connectivity index (χ0) is 7.40. The number of esters is 1. The van der Waals surface area contributed by atoms with E-state index in [0.717, 1.165) is 5.56 Å². The number of hydrogen-bond donors (Lipinski definition) is 0. The van der Waals surface area contributed by atoms with Gasteiger partial charge in [0.2, 0.25) is 0 Å². The fraction of sp³-hybridized carbons (Fsp3) is 0.143. The van der Waals surface area contributed by atoms with Crippen molar-refractivity contribution < 1.29 is 13.9 Å².